The number of benzene rings is 2. The van der Waals surface area contributed by atoms with E-state index < -0.39 is 35.6 Å². The number of amides is 3. The van der Waals surface area contributed by atoms with Crippen LogP contribution in [0.1, 0.15) is 63.8 Å². The number of hydrogen-bond donors (Lipinski definition) is 3. The molecule has 2 aromatic rings. The van der Waals surface area contributed by atoms with Crippen molar-refractivity contribution >= 4 is 47.8 Å². The van der Waals surface area contributed by atoms with Crippen molar-refractivity contribution in [3.63, 3.8) is 0 Å². The Balaban J connectivity index is 2.56. The molecule has 202 valence electrons. The lowest BCUT2D eigenvalue weighted by Gasteiger charge is -2.38. The Morgan fingerprint density at radius 3 is 2.22 bits per heavy atom. The van der Waals surface area contributed by atoms with Gasteiger partial charge < -0.3 is 20.3 Å². The molecular weight excluding hydrogens is 510 g/mol. The average Bonchev–Trinajstić information content (AvgIpc) is 2.82. The number of anilines is 1. The van der Waals surface area contributed by atoms with Crippen LogP contribution < -0.4 is 10.6 Å². The second kappa shape index (κ2) is 13.2. The number of carbonyl (C=O) groups is 3. The molecule has 0 heterocycles. The molecule has 3 atom stereocenters. The molecule has 0 fully saturated rings. The fraction of sp³-hybridized carbons (Fsp3) is 0.464. The molecule has 3 unspecified atom stereocenters. The van der Waals surface area contributed by atoms with Gasteiger partial charge in [-0.1, -0.05) is 54.9 Å². The van der Waals surface area contributed by atoms with Crippen LogP contribution in [-0.4, -0.2) is 46.2 Å². The van der Waals surface area contributed by atoms with Crippen molar-refractivity contribution < 1.29 is 19.1 Å². The number of hydrogen-bond acceptors (Lipinski definition) is 5. The van der Waals surface area contributed by atoms with E-state index in [1.165, 1.54) is 4.90 Å². The molecule has 9 heteroatoms. The minimum atomic E-state index is -1.01. The van der Waals surface area contributed by atoms with E-state index in [1.54, 1.807) is 32.9 Å². The summed E-state index contributed by atoms with van der Waals surface area (Å²) in [6, 6.07) is 10.5. The van der Waals surface area contributed by atoms with Crippen LogP contribution in [0.2, 0.25) is 5.02 Å². The van der Waals surface area contributed by atoms with E-state index in [4.69, 9.17) is 16.3 Å². The first-order valence-corrected chi connectivity index (χ1v) is 13.4. The lowest BCUT2D eigenvalue weighted by molar-refractivity contribution is -0.142. The van der Waals surface area contributed by atoms with Gasteiger partial charge >= 0.3 is 6.09 Å². The first-order chi connectivity index (χ1) is 17.3. The summed E-state index contributed by atoms with van der Waals surface area (Å²) in [4.78, 5) is 42.0. The molecule has 0 aliphatic rings. The molecule has 0 aliphatic heterocycles. The van der Waals surface area contributed by atoms with Crippen molar-refractivity contribution in [1.82, 2.24) is 10.2 Å². The SMILES string of the molecule is CCC(C)N(C(=O)C(CS)NC(=O)OC(C)(C)C)C(C(=O)Nc1c(C)cccc1Cl)c1ccccc1C. The molecule has 0 aliphatic carbocycles. The third kappa shape index (κ3) is 8.14. The van der Waals surface area contributed by atoms with Gasteiger partial charge in [0.15, 0.2) is 0 Å². The van der Waals surface area contributed by atoms with Gasteiger partial charge in [-0.2, -0.15) is 12.6 Å². The minimum Gasteiger partial charge on any atom is -0.444 e. The molecule has 37 heavy (non-hydrogen) atoms. The third-order valence-corrected chi connectivity index (χ3v) is 6.65. The van der Waals surface area contributed by atoms with Crippen molar-refractivity contribution in [2.75, 3.05) is 11.1 Å². The molecule has 0 bridgehead atoms. The summed E-state index contributed by atoms with van der Waals surface area (Å²) < 4.78 is 5.36. The topological polar surface area (TPSA) is 87.7 Å². The highest BCUT2D eigenvalue weighted by Crippen LogP contribution is 2.32. The molecule has 2 aromatic carbocycles. The number of thiol groups is 1. The molecule has 0 saturated carbocycles. The number of nitrogens with one attached hydrogen (secondary N) is 2. The number of nitrogens with zero attached hydrogens (tertiary/aromatic N) is 1. The van der Waals surface area contributed by atoms with Gasteiger partial charge in [0.25, 0.3) is 5.91 Å². The second-order valence-electron chi connectivity index (χ2n) is 10.1. The van der Waals surface area contributed by atoms with Crippen molar-refractivity contribution in [3.05, 3.63) is 64.2 Å². The van der Waals surface area contributed by atoms with Crippen molar-refractivity contribution in [1.29, 1.82) is 0 Å². The molecule has 7 nitrogen and oxygen atoms in total. The van der Waals surface area contributed by atoms with E-state index >= 15 is 0 Å². The molecule has 2 N–H and O–H groups in total. The van der Waals surface area contributed by atoms with Crippen molar-refractivity contribution in [2.45, 2.75) is 78.6 Å². The quantitative estimate of drug-likeness (QED) is 0.332. The van der Waals surface area contributed by atoms with Gasteiger partial charge in [-0.05, 0) is 70.7 Å². The number of halogens is 1. The number of carbonyl (C=O) groups excluding carboxylic acids is 3. The zero-order valence-electron chi connectivity index (χ0n) is 22.6. The van der Waals surface area contributed by atoms with Gasteiger partial charge in [0, 0.05) is 11.8 Å². The maximum Gasteiger partial charge on any atom is 0.408 e. The summed E-state index contributed by atoms with van der Waals surface area (Å²) in [6.45, 7) is 12.8. The predicted molar refractivity (Wildman–Crippen MR) is 152 cm³/mol. The van der Waals surface area contributed by atoms with Gasteiger partial charge in [-0.3, -0.25) is 9.59 Å². The molecule has 0 spiro atoms. The fourth-order valence-electron chi connectivity index (χ4n) is 3.90. The van der Waals surface area contributed by atoms with Crippen molar-refractivity contribution in [3.8, 4) is 0 Å². The first-order valence-electron chi connectivity index (χ1n) is 12.3. The Kier molecular flexibility index (Phi) is 10.9. The number of para-hydroxylation sites is 1. The highest BCUT2D eigenvalue weighted by atomic mass is 35.5. The Hall–Kier alpha value is -2.71. The smallest absolute Gasteiger partial charge is 0.408 e. The summed E-state index contributed by atoms with van der Waals surface area (Å²) in [5.74, 6) is -0.819. The van der Waals surface area contributed by atoms with E-state index in [-0.39, 0.29) is 11.8 Å². The van der Waals surface area contributed by atoms with Crippen LogP contribution >= 0.6 is 24.2 Å². The monoisotopic (exact) mass is 547 g/mol. The zero-order chi connectivity index (χ0) is 27.9. The summed E-state index contributed by atoms with van der Waals surface area (Å²) >= 11 is 10.7. The van der Waals surface area contributed by atoms with E-state index in [2.05, 4.69) is 23.3 Å². The lowest BCUT2D eigenvalue weighted by atomic mass is 9.96. The van der Waals surface area contributed by atoms with E-state index in [9.17, 15) is 14.4 Å². The average molecular weight is 548 g/mol. The lowest BCUT2D eigenvalue weighted by Crippen LogP contribution is -2.55. The van der Waals surface area contributed by atoms with E-state index in [0.29, 0.717) is 22.7 Å². The van der Waals surface area contributed by atoms with Gasteiger partial charge in [0.2, 0.25) is 5.91 Å². The summed E-state index contributed by atoms with van der Waals surface area (Å²) in [6.07, 6.45) is -0.147. The minimum absolute atomic E-state index is 0.0245. The largest absolute Gasteiger partial charge is 0.444 e. The Labute approximate surface area is 230 Å². The number of ether oxygens (including phenoxy) is 1. The Morgan fingerprint density at radius 2 is 1.68 bits per heavy atom. The number of aryl methyl sites for hydroxylation is 2. The number of rotatable bonds is 9. The van der Waals surface area contributed by atoms with Crippen LogP contribution in [0.5, 0.6) is 0 Å². The third-order valence-electron chi connectivity index (χ3n) is 5.97. The Bertz CT molecular complexity index is 1100. The van der Waals surface area contributed by atoms with Gasteiger partial charge in [0.05, 0.1) is 10.7 Å². The van der Waals surface area contributed by atoms with E-state index in [0.717, 1.165) is 11.1 Å². The van der Waals surface area contributed by atoms with Gasteiger partial charge in [-0.15, -0.1) is 0 Å². The second-order valence-corrected chi connectivity index (χ2v) is 10.8. The highest BCUT2D eigenvalue weighted by molar-refractivity contribution is 7.80. The van der Waals surface area contributed by atoms with Crippen LogP contribution in [0.4, 0.5) is 10.5 Å². The summed E-state index contributed by atoms with van der Waals surface area (Å²) in [5, 5.41) is 5.98. The molecule has 0 aromatic heterocycles. The molecule has 0 radical (unpaired) electrons. The summed E-state index contributed by atoms with van der Waals surface area (Å²) in [5.41, 5.74) is 2.07. The molecule has 0 saturated heterocycles. The normalized spacial score (nSPS) is 13.8. The van der Waals surface area contributed by atoms with Crippen LogP contribution in [-0.2, 0) is 14.3 Å². The fourth-order valence-corrected chi connectivity index (χ4v) is 4.42. The molecule has 3 amide bonds. The standard InChI is InChI=1S/C28H38ClN3O4S/c1-8-19(4)32(26(34)22(16-37)30-27(35)36-28(5,6)7)24(20-14-10-9-12-17(20)2)25(33)31-23-18(3)13-11-15-21(23)29/h9-15,19,22,24,37H,8,16H2,1-7H3,(H,30,35)(H,31,33). The van der Waals surface area contributed by atoms with Gasteiger partial charge in [0.1, 0.15) is 17.7 Å². The van der Waals surface area contributed by atoms with E-state index in [1.807, 2.05) is 58.0 Å². The van der Waals surface area contributed by atoms with Crippen LogP contribution in [0.3, 0.4) is 0 Å². The van der Waals surface area contributed by atoms with Crippen LogP contribution in [0.15, 0.2) is 42.5 Å². The van der Waals surface area contributed by atoms with Crippen molar-refractivity contribution in [2.24, 2.45) is 0 Å². The highest BCUT2D eigenvalue weighted by Gasteiger charge is 2.39. The molecular formula is C28H38ClN3O4S. The van der Waals surface area contributed by atoms with Gasteiger partial charge in [-0.25, -0.2) is 4.79 Å². The zero-order valence-corrected chi connectivity index (χ0v) is 24.2. The first kappa shape index (κ1) is 30.5. The molecule has 2 rings (SSSR count). The predicted octanol–water partition coefficient (Wildman–Crippen LogP) is 6.09. The number of alkyl carbamates (subject to hydrolysis) is 1. The van der Waals surface area contributed by atoms with Crippen LogP contribution in [0, 0.1) is 13.8 Å². The maximum atomic E-state index is 14.0. The summed E-state index contributed by atoms with van der Waals surface area (Å²) in [7, 11) is 0. The Morgan fingerprint density at radius 1 is 1.05 bits per heavy atom. The van der Waals surface area contributed by atoms with Crippen LogP contribution in [0.25, 0.3) is 0 Å². The maximum absolute atomic E-state index is 14.0.